The molecule has 0 bridgehead atoms. The van der Waals surface area contributed by atoms with Gasteiger partial charge < -0.3 is 10.4 Å². The monoisotopic (exact) mass is 128 g/mol. The van der Waals surface area contributed by atoms with E-state index < -0.39 is 0 Å². The fraction of sp³-hybridized carbons (Fsp3) is 0.857. The summed E-state index contributed by atoms with van der Waals surface area (Å²) in [6.45, 7) is 2.56. The summed E-state index contributed by atoms with van der Waals surface area (Å²) in [4.78, 5) is 0. The van der Waals surface area contributed by atoms with E-state index in [1.54, 1.807) is 0 Å². The van der Waals surface area contributed by atoms with Crippen LogP contribution in [0, 0.1) is 12.3 Å². The molecule has 0 aromatic heterocycles. The van der Waals surface area contributed by atoms with Crippen LogP contribution in [0.15, 0.2) is 0 Å². The van der Waals surface area contributed by atoms with Crippen LogP contribution in [-0.4, -0.2) is 24.8 Å². The SMILES string of the molecule is OCC[CH]C1CCNC1. The van der Waals surface area contributed by atoms with Crippen LogP contribution < -0.4 is 5.32 Å². The molecular weight excluding hydrogens is 114 g/mol. The van der Waals surface area contributed by atoms with Gasteiger partial charge in [-0.25, -0.2) is 0 Å². The van der Waals surface area contributed by atoms with E-state index in [-0.39, 0.29) is 0 Å². The molecule has 0 saturated carbocycles. The Balaban J connectivity index is 1.98. The number of aliphatic hydroxyl groups is 1. The third kappa shape index (κ3) is 2.33. The highest BCUT2D eigenvalue weighted by molar-refractivity contribution is 4.82. The molecule has 1 rings (SSSR count). The summed E-state index contributed by atoms with van der Waals surface area (Å²) in [7, 11) is 0. The molecule has 0 aromatic rings. The van der Waals surface area contributed by atoms with E-state index in [0.29, 0.717) is 6.61 Å². The summed E-state index contributed by atoms with van der Waals surface area (Å²) in [5, 5.41) is 11.7. The maximum Gasteiger partial charge on any atom is 0.0433 e. The Bertz CT molecular complexity index is 69.3. The van der Waals surface area contributed by atoms with Crippen LogP contribution in [0.4, 0.5) is 0 Å². The molecule has 0 spiro atoms. The smallest absolute Gasteiger partial charge is 0.0433 e. The minimum atomic E-state index is 0.302. The van der Waals surface area contributed by atoms with Gasteiger partial charge in [0.1, 0.15) is 0 Å². The van der Waals surface area contributed by atoms with Gasteiger partial charge in [0.05, 0.1) is 0 Å². The van der Waals surface area contributed by atoms with Crippen LogP contribution in [0.5, 0.6) is 0 Å². The zero-order valence-electron chi connectivity index (χ0n) is 5.64. The molecule has 2 nitrogen and oxygen atoms in total. The summed E-state index contributed by atoms with van der Waals surface area (Å²) < 4.78 is 0. The Morgan fingerprint density at radius 3 is 3.11 bits per heavy atom. The Kier molecular flexibility index (Phi) is 3.01. The summed E-state index contributed by atoms with van der Waals surface area (Å²) in [6, 6.07) is 0. The summed E-state index contributed by atoms with van der Waals surface area (Å²) >= 11 is 0. The first-order chi connectivity index (χ1) is 4.43. The number of hydrogen-bond donors (Lipinski definition) is 2. The molecule has 2 N–H and O–H groups in total. The second kappa shape index (κ2) is 3.85. The second-order valence-corrected chi connectivity index (χ2v) is 2.50. The van der Waals surface area contributed by atoms with E-state index in [2.05, 4.69) is 11.7 Å². The van der Waals surface area contributed by atoms with Gasteiger partial charge in [0, 0.05) is 6.61 Å². The molecule has 0 amide bonds. The van der Waals surface area contributed by atoms with E-state index in [9.17, 15) is 0 Å². The van der Waals surface area contributed by atoms with E-state index in [1.807, 2.05) is 0 Å². The van der Waals surface area contributed by atoms with E-state index in [4.69, 9.17) is 5.11 Å². The highest BCUT2D eigenvalue weighted by atomic mass is 16.2. The zero-order chi connectivity index (χ0) is 6.53. The lowest BCUT2D eigenvalue weighted by molar-refractivity contribution is 0.293. The van der Waals surface area contributed by atoms with Gasteiger partial charge in [0.25, 0.3) is 0 Å². The van der Waals surface area contributed by atoms with Gasteiger partial charge in [-0.1, -0.05) is 0 Å². The Labute approximate surface area is 56.3 Å². The molecule has 1 aliphatic rings. The zero-order valence-corrected chi connectivity index (χ0v) is 5.64. The van der Waals surface area contributed by atoms with Gasteiger partial charge in [0.2, 0.25) is 0 Å². The first-order valence-corrected chi connectivity index (χ1v) is 3.58. The molecule has 0 aliphatic carbocycles. The van der Waals surface area contributed by atoms with Crippen molar-refractivity contribution in [2.24, 2.45) is 5.92 Å². The molecular formula is C7H14NO. The largest absolute Gasteiger partial charge is 0.396 e. The molecule has 53 valence electrons. The van der Waals surface area contributed by atoms with Crippen molar-refractivity contribution >= 4 is 0 Å². The fourth-order valence-corrected chi connectivity index (χ4v) is 1.19. The summed E-state index contributed by atoms with van der Waals surface area (Å²) in [6.07, 6.45) is 4.31. The maximum atomic E-state index is 8.47. The lowest BCUT2D eigenvalue weighted by Gasteiger charge is -2.03. The molecule has 1 radical (unpaired) electrons. The Morgan fingerprint density at radius 1 is 1.67 bits per heavy atom. The van der Waals surface area contributed by atoms with Gasteiger partial charge in [-0.3, -0.25) is 0 Å². The summed E-state index contributed by atoms with van der Waals surface area (Å²) in [5.41, 5.74) is 0. The van der Waals surface area contributed by atoms with Crippen LogP contribution in [0.1, 0.15) is 12.8 Å². The lowest BCUT2D eigenvalue weighted by Crippen LogP contribution is -2.09. The van der Waals surface area contributed by atoms with Crippen molar-refractivity contribution in [2.45, 2.75) is 12.8 Å². The van der Waals surface area contributed by atoms with E-state index >= 15 is 0 Å². The van der Waals surface area contributed by atoms with Crippen molar-refractivity contribution < 1.29 is 5.11 Å². The van der Waals surface area contributed by atoms with Gasteiger partial charge in [-0.05, 0) is 38.3 Å². The van der Waals surface area contributed by atoms with Crippen molar-refractivity contribution in [2.75, 3.05) is 19.7 Å². The minimum Gasteiger partial charge on any atom is -0.396 e. The molecule has 9 heavy (non-hydrogen) atoms. The van der Waals surface area contributed by atoms with Gasteiger partial charge in [0.15, 0.2) is 0 Å². The standard InChI is InChI=1S/C7H14NO/c9-5-1-2-7-3-4-8-6-7/h2,7-9H,1,3-6H2. The molecule has 1 fully saturated rings. The number of rotatable bonds is 3. The number of aliphatic hydroxyl groups excluding tert-OH is 1. The van der Waals surface area contributed by atoms with Crippen LogP contribution in [0.25, 0.3) is 0 Å². The summed E-state index contributed by atoms with van der Waals surface area (Å²) in [5.74, 6) is 0.720. The molecule has 1 heterocycles. The van der Waals surface area contributed by atoms with Gasteiger partial charge in [-0.2, -0.15) is 0 Å². The van der Waals surface area contributed by atoms with Crippen molar-refractivity contribution in [3.63, 3.8) is 0 Å². The topological polar surface area (TPSA) is 32.3 Å². The van der Waals surface area contributed by atoms with Crippen molar-refractivity contribution in [1.82, 2.24) is 5.32 Å². The highest BCUT2D eigenvalue weighted by Gasteiger charge is 2.12. The average molecular weight is 128 g/mol. The predicted octanol–water partition coefficient (Wildman–Crippen LogP) is 0.183. The van der Waals surface area contributed by atoms with Crippen molar-refractivity contribution in [1.29, 1.82) is 0 Å². The number of hydrogen-bond acceptors (Lipinski definition) is 2. The fourth-order valence-electron chi connectivity index (χ4n) is 1.19. The highest BCUT2D eigenvalue weighted by Crippen LogP contribution is 2.11. The molecule has 1 unspecified atom stereocenters. The molecule has 0 aromatic carbocycles. The van der Waals surface area contributed by atoms with Gasteiger partial charge >= 0.3 is 0 Å². The van der Waals surface area contributed by atoms with Crippen molar-refractivity contribution in [3.05, 3.63) is 6.42 Å². The van der Waals surface area contributed by atoms with Crippen LogP contribution in [0.2, 0.25) is 0 Å². The molecule has 2 heteroatoms. The maximum absolute atomic E-state index is 8.47. The molecule has 1 atom stereocenters. The lowest BCUT2D eigenvalue weighted by atomic mass is 10.0. The second-order valence-electron chi connectivity index (χ2n) is 2.50. The Morgan fingerprint density at radius 2 is 2.56 bits per heavy atom. The number of nitrogens with one attached hydrogen (secondary N) is 1. The third-order valence-electron chi connectivity index (χ3n) is 1.73. The first kappa shape index (κ1) is 7.03. The molecule has 1 aliphatic heterocycles. The minimum absolute atomic E-state index is 0.302. The Hall–Kier alpha value is -0.0800. The van der Waals surface area contributed by atoms with Crippen LogP contribution in [-0.2, 0) is 0 Å². The third-order valence-corrected chi connectivity index (χ3v) is 1.73. The molecule has 1 saturated heterocycles. The van der Waals surface area contributed by atoms with Crippen LogP contribution in [0.3, 0.4) is 0 Å². The van der Waals surface area contributed by atoms with Crippen LogP contribution >= 0.6 is 0 Å². The normalized spacial score (nSPS) is 27.0. The van der Waals surface area contributed by atoms with Gasteiger partial charge in [-0.15, -0.1) is 0 Å². The quantitative estimate of drug-likeness (QED) is 0.568. The predicted molar refractivity (Wildman–Crippen MR) is 37.0 cm³/mol. The average Bonchev–Trinajstić information content (AvgIpc) is 2.34. The van der Waals surface area contributed by atoms with E-state index in [1.165, 1.54) is 6.42 Å². The first-order valence-electron chi connectivity index (χ1n) is 3.58. The van der Waals surface area contributed by atoms with Crippen molar-refractivity contribution in [3.8, 4) is 0 Å². The van der Waals surface area contributed by atoms with E-state index in [0.717, 1.165) is 25.4 Å².